The van der Waals surface area contributed by atoms with E-state index in [2.05, 4.69) is 25.7 Å². The molecule has 2 rings (SSSR count). The van der Waals surface area contributed by atoms with Crippen LogP contribution >= 0.6 is 11.8 Å². The first-order valence-corrected chi connectivity index (χ1v) is 9.86. The van der Waals surface area contributed by atoms with E-state index in [0.717, 1.165) is 35.1 Å². The summed E-state index contributed by atoms with van der Waals surface area (Å²) in [5.74, 6) is 1.45. The molecule has 28 heavy (non-hydrogen) atoms. The number of methoxy groups -OCH3 is 1. The minimum atomic E-state index is -0.493. The van der Waals surface area contributed by atoms with E-state index in [-0.39, 0.29) is 5.82 Å². The summed E-state index contributed by atoms with van der Waals surface area (Å²) in [6.07, 6.45) is 0.462. The number of aliphatic imine (C=N–C) groups is 1. The maximum Gasteiger partial charge on any atom is 0.411 e. The number of nitrogens with zero attached hydrogens (tertiary/aromatic N) is 1. The standard InChI is InChI=1S/C20H25FN4O2S/c1-22-19(23-12-3-13-28-18-10-6-16(21)7-11-18)24-14-15-4-8-17(9-5-15)25-20(26)27-2/h4-11H,3,12-14H2,1-2H3,(H,25,26)(H2,22,23,24). The second-order valence-electron chi connectivity index (χ2n) is 5.82. The van der Waals surface area contributed by atoms with Crippen LogP contribution in [0.2, 0.25) is 0 Å². The Balaban J connectivity index is 1.65. The zero-order valence-corrected chi connectivity index (χ0v) is 16.8. The van der Waals surface area contributed by atoms with Crippen LogP contribution < -0.4 is 16.0 Å². The van der Waals surface area contributed by atoms with E-state index in [1.54, 1.807) is 30.9 Å². The predicted octanol–water partition coefficient (Wildman–Crippen LogP) is 3.85. The molecular formula is C20H25FN4O2S. The first-order chi connectivity index (χ1) is 13.6. The van der Waals surface area contributed by atoms with Gasteiger partial charge < -0.3 is 15.4 Å². The van der Waals surface area contributed by atoms with Crippen molar-refractivity contribution in [2.75, 3.05) is 31.8 Å². The number of ether oxygens (including phenoxy) is 1. The molecule has 0 fully saturated rings. The number of thioether (sulfide) groups is 1. The van der Waals surface area contributed by atoms with Gasteiger partial charge in [0, 0.05) is 30.7 Å². The van der Waals surface area contributed by atoms with Gasteiger partial charge in [0.25, 0.3) is 0 Å². The van der Waals surface area contributed by atoms with E-state index < -0.39 is 6.09 Å². The zero-order chi connectivity index (χ0) is 20.2. The Hall–Kier alpha value is -2.74. The number of nitrogens with one attached hydrogen (secondary N) is 3. The highest BCUT2D eigenvalue weighted by Gasteiger charge is 2.02. The second-order valence-corrected chi connectivity index (χ2v) is 6.99. The lowest BCUT2D eigenvalue weighted by atomic mass is 10.2. The Bertz CT molecular complexity index is 767. The van der Waals surface area contributed by atoms with Gasteiger partial charge in [-0.15, -0.1) is 11.8 Å². The number of anilines is 1. The highest BCUT2D eigenvalue weighted by Crippen LogP contribution is 2.18. The van der Waals surface area contributed by atoms with Gasteiger partial charge in [-0.05, 0) is 54.1 Å². The molecule has 8 heteroatoms. The summed E-state index contributed by atoms with van der Waals surface area (Å²) >= 11 is 1.70. The molecule has 0 aliphatic carbocycles. The van der Waals surface area contributed by atoms with Crippen molar-refractivity contribution in [2.24, 2.45) is 4.99 Å². The number of guanidine groups is 1. The van der Waals surface area contributed by atoms with E-state index in [1.165, 1.54) is 19.2 Å². The summed E-state index contributed by atoms with van der Waals surface area (Å²) in [6.45, 7) is 1.40. The molecule has 0 spiro atoms. The molecule has 0 aromatic heterocycles. The number of hydrogen-bond donors (Lipinski definition) is 3. The molecule has 0 radical (unpaired) electrons. The van der Waals surface area contributed by atoms with E-state index >= 15 is 0 Å². The Kier molecular flexibility index (Phi) is 9.14. The van der Waals surface area contributed by atoms with Crippen LogP contribution in [0, 0.1) is 5.82 Å². The van der Waals surface area contributed by atoms with Gasteiger partial charge in [-0.3, -0.25) is 10.3 Å². The molecule has 0 saturated carbocycles. The Morgan fingerprint density at radius 2 is 1.82 bits per heavy atom. The highest BCUT2D eigenvalue weighted by atomic mass is 32.2. The van der Waals surface area contributed by atoms with Gasteiger partial charge in [-0.25, -0.2) is 9.18 Å². The lowest BCUT2D eigenvalue weighted by Gasteiger charge is -2.12. The fourth-order valence-electron chi connectivity index (χ4n) is 2.28. The monoisotopic (exact) mass is 404 g/mol. The zero-order valence-electron chi connectivity index (χ0n) is 16.0. The average Bonchev–Trinajstić information content (AvgIpc) is 2.72. The summed E-state index contributed by atoms with van der Waals surface area (Å²) in [5, 5.41) is 9.13. The van der Waals surface area contributed by atoms with Crippen LogP contribution in [-0.4, -0.2) is 38.5 Å². The van der Waals surface area contributed by atoms with Gasteiger partial charge in [0.15, 0.2) is 5.96 Å². The number of carbonyl (C=O) groups excluding carboxylic acids is 1. The summed E-state index contributed by atoms with van der Waals surface area (Å²) in [4.78, 5) is 16.4. The minimum Gasteiger partial charge on any atom is -0.453 e. The van der Waals surface area contributed by atoms with E-state index in [9.17, 15) is 9.18 Å². The highest BCUT2D eigenvalue weighted by molar-refractivity contribution is 7.99. The van der Waals surface area contributed by atoms with Crippen LogP contribution in [0.15, 0.2) is 58.4 Å². The molecule has 0 bridgehead atoms. The minimum absolute atomic E-state index is 0.213. The molecule has 2 aromatic carbocycles. The molecule has 6 nitrogen and oxygen atoms in total. The van der Waals surface area contributed by atoms with Crippen molar-refractivity contribution in [3.63, 3.8) is 0 Å². The molecule has 3 N–H and O–H groups in total. The van der Waals surface area contributed by atoms with Gasteiger partial charge >= 0.3 is 6.09 Å². The summed E-state index contributed by atoms with van der Waals surface area (Å²) in [7, 11) is 3.06. The van der Waals surface area contributed by atoms with Crippen molar-refractivity contribution in [3.8, 4) is 0 Å². The van der Waals surface area contributed by atoms with Crippen molar-refractivity contribution in [1.29, 1.82) is 0 Å². The fraction of sp³-hybridized carbons (Fsp3) is 0.300. The Morgan fingerprint density at radius 3 is 2.46 bits per heavy atom. The molecule has 0 saturated heterocycles. The van der Waals surface area contributed by atoms with Gasteiger partial charge in [0.2, 0.25) is 0 Å². The third-order valence-corrected chi connectivity index (χ3v) is 4.86. The smallest absolute Gasteiger partial charge is 0.411 e. The van der Waals surface area contributed by atoms with Crippen molar-refractivity contribution in [1.82, 2.24) is 10.6 Å². The largest absolute Gasteiger partial charge is 0.453 e. The van der Waals surface area contributed by atoms with Gasteiger partial charge in [-0.2, -0.15) is 0 Å². The first-order valence-electron chi connectivity index (χ1n) is 8.87. The van der Waals surface area contributed by atoms with Crippen LogP contribution in [0.5, 0.6) is 0 Å². The lowest BCUT2D eigenvalue weighted by Crippen LogP contribution is -2.37. The van der Waals surface area contributed by atoms with Crippen LogP contribution in [0.4, 0.5) is 14.9 Å². The Morgan fingerprint density at radius 1 is 1.11 bits per heavy atom. The summed E-state index contributed by atoms with van der Waals surface area (Å²) in [6, 6.07) is 14.0. The number of benzene rings is 2. The van der Waals surface area contributed by atoms with Gasteiger partial charge in [-0.1, -0.05) is 12.1 Å². The third kappa shape index (κ3) is 7.87. The molecule has 0 atom stereocenters. The molecule has 0 aliphatic heterocycles. The first kappa shape index (κ1) is 21.6. The van der Waals surface area contributed by atoms with E-state index in [1.807, 2.05) is 24.3 Å². The van der Waals surface area contributed by atoms with E-state index in [4.69, 9.17) is 0 Å². The summed E-state index contributed by atoms with van der Waals surface area (Å²) < 4.78 is 17.4. The quantitative estimate of drug-likeness (QED) is 0.270. The van der Waals surface area contributed by atoms with Gasteiger partial charge in [0.05, 0.1) is 7.11 Å². The molecular weight excluding hydrogens is 379 g/mol. The lowest BCUT2D eigenvalue weighted by molar-refractivity contribution is 0.187. The van der Waals surface area contributed by atoms with Crippen molar-refractivity contribution < 1.29 is 13.9 Å². The molecule has 0 heterocycles. The maximum atomic E-state index is 12.9. The number of carbonyl (C=O) groups is 1. The molecule has 0 unspecified atom stereocenters. The molecule has 0 aliphatic rings. The van der Waals surface area contributed by atoms with Crippen LogP contribution in [-0.2, 0) is 11.3 Å². The van der Waals surface area contributed by atoms with E-state index in [0.29, 0.717) is 12.2 Å². The summed E-state index contributed by atoms with van der Waals surface area (Å²) in [5.41, 5.74) is 1.74. The second kappa shape index (κ2) is 11.9. The van der Waals surface area contributed by atoms with Crippen LogP contribution in [0.1, 0.15) is 12.0 Å². The maximum absolute atomic E-state index is 12.9. The fourth-order valence-corrected chi connectivity index (χ4v) is 3.13. The number of amides is 1. The van der Waals surface area contributed by atoms with Crippen LogP contribution in [0.25, 0.3) is 0 Å². The SMILES string of the molecule is CN=C(NCCCSc1ccc(F)cc1)NCc1ccc(NC(=O)OC)cc1. The predicted molar refractivity (Wildman–Crippen MR) is 112 cm³/mol. The topological polar surface area (TPSA) is 74.8 Å². The van der Waals surface area contributed by atoms with Crippen molar-refractivity contribution in [3.05, 3.63) is 59.9 Å². The third-order valence-electron chi connectivity index (χ3n) is 3.77. The average molecular weight is 405 g/mol. The molecule has 150 valence electrons. The molecule has 2 aromatic rings. The van der Waals surface area contributed by atoms with Crippen LogP contribution in [0.3, 0.4) is 0 Å². The number of rotatable bonds is 8. The van der Waals surface area contributed by atoms with Gasteiger partial charge in [0.1, 0.15) is 5.82 Å². The van der Waals surface area contributed by atoms with Crippen molar-refractivity contribution >= 4 is 29.5 Å². The number of hydrogen-bond acceptors (Lipinski definition) is 4. The Labute approximate surface area is 169 Å². The van der Waals surface area contributed by atoms with Crippen molar-refractivity contribution in [2.45, 2.75) is 17.9 Å². The molecule has 1 amide bonds. The normalized spacial score (nSPS) is 11.0. The number of halogens is 1.